The standard InChI is InChI=1S/C18H14FN6O3S/c1-24-9-15(21-10-24)29(27,28)23-13-5-2-11(3-6-13)14-7-4-12-8-22-25(18(20)26)17(12)16(14)19/h2-7,9-10,23H,1H3,(H2,20,26). The third kappa shape index (κ3) is 3.31. The second-order valence-corrected chi connectivity index (χ2v) is 7.87. The van der Waals surface area contributed by atoms with Crippen molar-refractivity contribution >= 4 is 32.6 Å². The predicted octanol–water partition coefficient (Wildman–Crippen LogP) is 2.10. The maximum absolute atomic E-state index is 15.0. The molecule has 0 unspecified atom stereocenters. The number of nitrogens with zero attached hydrogens (tertiary/aromatic N) is 4. The molecule has 29 heavy (non-hydrogen) atoms. The lowest BCUT2D eigenvalue weighted by atomic mass is 10.0. The molecule has 4 aromatic rings. The lowest BCUT2D eigenvalue weighted by Crippen LogP contribution is -2.21. The molecule has 3 N–H and O–H groups in total. The van der Waals surface area contributed by atoms with Gasteiger partial charge in [0.2, 0.25) is 0 Å². The van der Waals surface area contributed by atoms with Crippen LogP contribution in [0.15, 0.2) is 53.9 Å². The topological polar surface area (TPSA) is 125 Å². The van der Waals surface area contributed by atoms with Crippen molar-refractivity contribution in [3.8, 4) is 11.1 Å². The van der Waals surface area contributed by atoms with E-state index in [2.05, 4.69) is 21.0 Å². The quantitative estimate of drug-likeness (QED) is 0.530. The van der Waals surface area contributed by atoms with Crippen LogP contribution in [0.2, 0.25) is 0 Å². The van der Waals surface area contributed by atoms with E-state index in [1.165, 1.54) is 35.3 Å². The van der Waals surface area contributed by atoms with Gasteiger partial charge in [-0.3, -0.25) is 4.72 Å². The first kappa shape index (κ1) is 18.6. The second kappa shape index (κ2) is 6.71. The molecule has 147 valence electrons. The molecule has 0 aliphatic carbocycles. The van der Waals surface area contributed by atoms with E-state index in [-0.39, 0.29) is 21.8 Å². The highest BCUT2D eigenvalue weighted by Crippen LogP contribution is 2.29. The van der Waals surface area contributed by atoms with E-state index in [0.717, 1.165) is 4.68 Å². The van der Waals surface area contributed by atoms with Gasteiger partial charge in [-0.1, -0.05) is 18.2 Å². The average molecular weight is 413 g/mol. The number of aromatic nitrogens is 4. The summed E-state index contributed by atoms with van der Waals surface area (Å²) >= 11 is 0. The molecule has 0 aliphatic rings. The fourth-order valence-electron chi connectivity index (χ4n) is 2.85. The van der Waals surface area contributed by atoms with Gasteiger partial charge in [-0.05, 0) is 23.8 Å². The minimum atomic E-state index is -3.84. The number of amides is 1. The fraction of sp³-hybridized carbons (Fsp3) is 0.0556. The molecule has 0 saturated heterocycles. The zero-order chi connectivity index (χ0) is 20.8. The van der Waals surface area contributed by atoms with Crippen LogP contribution in [-0.2, 0) is 17.1 Å². The summed E-state index contributed by atoms with van der Waals surface area (Å²) in [4.78, 5) is 15.3. The molecule has 11 heteroatoms. The second-order valence-electron chi connectivity index (χ2n) is 6.25. The van der Waals surface area contributed by atoms with Crippen molar-refractivity contribution in [1.29, 1.82) is 0 Å². The first-order chi connectivity index (χ1) is 13.8. The number of carbonyl (C=O) groups excluding carboxylic acids is 1. The SMILES string of the molecule is Cn1cnc(S(=O)(=O)Nc2ccc(-c3ccc4[c]nn(C(N)=O)c4c3F)cc2)c1. The number of anilines is 1. The number of sulfonamides is 1. The molecule has 2 heterocycles. The van der Waals surface area contributed by atoms with Gasteiger partial charge in [-0.25, -0.2) is 14.2 Å². The average Bonchev–Trinajstić information content (AvgIpc) is 3.30. The molecule has 4 rings (SSSR count). The van der Waals surface area contributed by atoms with Crippen LogP contribution >= 0.6 is 0 Å². The van der Waals surface area contributed by atoms with Crippen LogP contribution in [0.3, 0.4) is 0 Å². The van der Waals surface area contributed by atoms with Crippen molar-refractivity contribution in [2.24, 2.45) is 12.8 Å². The maximum atomic E-state index is 15.0. The maximum Gasteiger partial charge on any atom is 0.340 e. The molecule has 0 saturated carbocycles. The Labute approximate surface area is 164 Å². The largest absolute Gasteiger partial charge is 0.350 e. The Morgan fingerprint density at radius 2 is 1.93 bits per heavy atom. The summed E-state index contributed by atoms with van der Waals surface area (Å²) in [5.74, 6) is -0.683. The molecule has 1 amide bonds. The van der Waals surface area contributed by atoms with E-state index in [1.54, 1.807) is 25.2 Å². The Kier molecular flexibility index (Phi) is 4.31. The smallest absolute Gasteiger partial charge is 0.340 e. The van der Waals surface area contributed by atoms with Gasteiger partial charge in [0.25, 0.3) is 10.0 Å². The van der Waals surface area contributed by atoms with Gasteiger partial charge in [0.1, 0.15) is 11.7 Å². The first-order valence-electron chi connectivity index (χ1n) is 8.26. The normalized spacial score (nSPS) is 11.7. The van der Waals surface area contributed by atoms with Crippen LogP contribution in [0.1, 0.15) is 0 Å². The molecule has 0 fully saturated rings. The predicted molar refractivity (Wildman–Crippen MR) is 103 cm³/mol. The summed E-state index contributed by atoms with van der Waals surface area (Å²) in [6.07, 6.45) is 5.28. The Balaban J connectivity index is 1.67. The molecule has 2 aromatic heterocycles. The molecule has 2 aromatic carbocycles. The molecular formula is C18H14FN6O3S. The highest BCUT2D eigenvalue weighted by Gasteiger charge is 2.19. The van der Waals surface area contributed by atoms with E-state index >= 15 is 0 Å². The third-order valence-electron chi connectivity index (χ3n) is 4.21. The van der Waals surface area contributed by atoms with E-state index < -0.39 is 21.9 Å². The molecule has 9 nitrogen and oxygen atoms in total. The van der Waals surface area contributed by atoms with Gasteiger partial charge in [0.15, 0.2) is 10.8 Å². The van der Waals surface area contributed by atoms with Crippen molar-refractivity contribution in [2.75, 3.05) is 4.72 Å². The van der Waals surface area contributed by atoms with Crippen LogP contribution < -0.4 is 10.5 Å². The minimum absolute atomic E-state index is 0.0741. The Bertz CT molecular complexity index is 1340. The number of rotatable bonds is 4. The fourth-order valence-corrected chi connectivity index (χ4v) is 3.89. The van der Waals surface area contributed by atoms with E-state index in [9.17, 15) is 17.6 Å². The number of hydrogen-bond donors (Lipinski definition) is 2. The number of hydrogen-bond acceptors (Lipinski definition) is 5. The highest BCUT2D eigenvalue weighted by atomic mass is 32.2. The van der Waals surface area contributed by atoms with Gasteiger partial charge in [0.05, 0.1) is 6.33 Å². The first-order valence-corrected chi connectivity index (χ1v) is 9.74. The monoisotopic (exact) mass is 413 g/mol. The summed E-state index contributed by atoms with van der Waals surface area (Å²) in [6, 6.07) is 8.26. The summed E-state index contributed by atoms with van der Waals surface area (Å²) in [6.45, 7) is 0. The minimum Gasteiger partial charge on any atom is -0.350 e. The lowest BCUT2D eigenvalue weighted by molar-refractivity contribution is 0.248. The molecule has 1 radical (unpaired) electrons. The number of benzene rings is 2. The zero-order valence-corrected chi connectivity index (χ0v) is 15.8. The van der Waals surface area contributed by atoms with Gasteiger partial charge in [0, 0.05) is 29.9 Å². The number of halogens is 1. The van der Waals surface area contributed by atoms with Crippen LogP contribution in [0.25, 0.3) is 22.0 Å². The van der Waals surface area contributed by atoms with E-state index in [4.69, 9.17) is 5.73 Å². The van der Waals surface area contributed by atoms with Gasteiger partial charge in [-0.2, -0.15) is 18.2 Å². The van der Waals surface area contributed by atoms with E-state index in [0.29, 0.717) is 10.9 Å². The lowest BCUT2D eigenvalue weighted by Gasteiger charge is -2.09. The molecule has 0 aliphatic heterocycles. The summed E-state index contributed by atoms with van der Waals surface area (Å²) in [5.41, 5.74) is 6.10. The van der Waals surface area contributed by atoms with Gasteiger partial charge >= 0.3 is 6.03 Å². The Hall–Kier alpha value is -3.73. The van der Waals surface area contributed by atoms with Crippen molar-refractivity contribution < 1.29 is 17.6 Å². The summed E-state index contributed by atoms with van der Waals surface area (Å²) in [5, 5.41) is 3.86. The highest BCUT2D eigenvalue weighted by molar-refractivity contribution is 7.92. The van der Waals surface area contributed by atoms with E-state index in [1.807, 2.05) is 0 Å². The Morgan fingerprint density at radius 1 is 1.21 bits per heavy atom. The zero-order valence-electron chi connectivity index (χ0n) is 15.0. The number of imidazole rings is 1. The number of nitrogens with one attached hydrogen (secondary N) is 1. The summed E-state index contributed by atoms with van der Waals surface area (Å²) in [7, 11) is -2.18. The van der Waals surface area contributed by atoms with Crippen molar-refractivity contribution in [3.05, 3.63) is 60.9 Å². The molecule has 0 bridgehead atoms. The van der Waals surface area contributed by atoms with Crippen LogP contribution in [-0.4, -0.2) is 33.8 Å². The van der Waals surface area contributed by atoms with Crippen molar-refractivity contribution in [2.45, 2.75) is 5.03 Å². The van der Waals surface area contributed by atoms with Crippen molar-refractivity contribution in [1.82, 2.24) is 19.3 Å². The number of nitrogens with two attached hydrogens (primary N) is 1. The Morgan fingerprint density at radius 3 is 2.55 bits per heavy atom. The van der Waals surface area contributed by atoms with Crippen LogP contribution in [0.5, 0.6) is 0 Å². The molecule has 0 atom stereocenters. The van der Waals surface area contributed by atoms with Crippen molar-refractivity contribution in [3.63, 3.8) is 0 Å². The number of aryl methyl sites for hydroxylation is 1. The van der Waals surface area contributed by atoms with Crippen LogP contribution in [0.4, 0.5) is 14.9 Å². The summed E-state index contributed by atoms with van der Waals surface area (Å²) < 4.78 is 44.3. The number of primary amides is 1. The number of fused-ring (bicyclic) bond motifs is 1. The van der Waals surface area contributed by atoms with Crippen LogP contribution in [0, 0.1) is 12.0 Å². The van der Waals surface area contributed by atoms with Gasteiger partial charge in [-0.15, -0.1) is 0 Å². The molecule has 0 spiro atoms. The number of carbonyl (C=O) groups is 1. The third-order valence-corrected chi connectivity index (χ3v) is 5.48. The molecular weight excluding hydrogens is 399 g/mol. The van der Waals surface area contributed by atoms with Gasteiger partial charge < -0.3 is 10.3 Å².